The van der Waals surface area contributed by atoms with Crippen LogP contribution >= 0.6 is 0 Å². The summed E-state index contributed by atoms with van der Waals surface area (Å²) in [6.45, 7) is 6.01. The Morgan fingerprint density at radius 2 is 2.33 bits per heavy atom. The van der Waals surface area contributed by atoms with Crippen LogP contribution in [-0.2, 0) is 4.79 Å². The second kappa shape index (κ2) is 6.08. The molecule has 15 heavy (non-hydrogen) atoms. The number of aliphatic hydroxyl groups is 1. The molecule has 0 radical (unpaired) electrons. The summed E-state index contributed by atoms with van der Waals surface area (Å²) in [5.41, 5.74) is 0. The number of amides is 1. The van der Waals surface area contributed by atoms with E-state index in [1.165, 1.54) is 0 Å². The Labute approximate surface area is 91.4 Å². The minimum Gasteiger partial charge on any atom is -0.396 e. The van der Waals surface area contributed by atoms with Crippen LogP contribution in [0.25, 0.3) is 0 Å². The first kappa shape index (κ1) is 12.5. The molecule has 1 rings (SSSR count). The summed E-state index contributed by atoms with van der Waals surface area (Å²) < 4.78 is 0. The van der Waals surface area contributed by atoms with E-state index in [0.717, 1.165) is 25.9 Å². The van der Waals surface area contributed by atoms with Crippen molar-refractivity contribution in [2.45, 2.75) is 32.7 Å². The van der Waals surface area contributed by atoms with Crippen molar-refractivity contribution in [1.29, 1.82) is 0 Å². The molecule has 0 aromatic heterocycles. The fraction of sp³-hybridized carbons (Fsp3) is 0.909. The Balaban J connectivity index is 2.28. The van der Waals surface area contributed by atoms with Gasteiger partial charge in [-0.15, -0.1) is 0 Å². The van der Waals surface area contributed by atoms with Crippen molar-refractivity contribution >= 4 is 5.91 Å². The first-order valence-corrected chi connectivity index (χ1v) is 5.77. The van der Waals surface area contributed by atoms with Gasteiger partial charge in [0.2, 0.25) is 5.91 Å². The summed E-state index contributed by atoms with van der Waals surface area (Å²) in [6.07, 6.45) is 1.59. The van der Waals surface area contributed by atoms with Crippen molar-refractivity contribution < 1.29 is 9.90 Å². The summed E-state index contributed by atoms with van der Waals surface area (Å²) in [4.78, 5) is 11.8. The maximum atomic E-state index is 11.8. The van der Waals surface area contributed by atoms with Crippen LogP contribution in [-0.4, -0.2) is 36.8 Å². The molecule has 0 aromatic rings. The van der Waals surface area contributed by atoms with Crippen LogP contribution in [0.15, 0.2) is 0 Å². The Morgan fingerprint density at radius 1 is 1.60 bits per heavy atom. The van der Waals surface area contributed by atoms with E-state index in [1.807, 2.05) is 6.92 Å². The molecule has 0 spiro atoms. The van der Waals surface area contributed by atoms with Gasteiger partial charge in [-0.05, 0) is 32.2 Å². The van der Waals surface area contributed by atoms with Crippen molar-refractivity contribution in [2.24, 2.45) is 11.8 Å². The summed E-state index contributed by atoms with van der Waals surface area (Å²) in [5, 5.41) is 14.9. The lowest BCUT2D eigenvalue weighted by Crippen LogP contribution is -2.39. The van der Waals surface area contributed by atoms with Crippen LogP contribution in [0.1, 0.15) is 26.7 Å². The molecule has 4 nitrogen and oxygen atoms in total. The van der Waals surface area contributed by atoms with Crippen molar-refractivity contribution in [1.82, 2.24) is 10.6 Å². The van der Waals surface area contributed by atoms with E-state index in [0.29, 0.717) is 5.92 Å². The number of carbonyl (C=O) groups is 1. The van der Waals surface area contributed by atoms with Crippen LogP contribution < -0.4 is 10.6 Å². The first-order valence-electron chi connectivity index (χ1n) is 5.77. The number of aliphatic hydroxyl groups excluding tert-OH is 1. The Hall–Kier alpha value is -0.610. The van der Waals surface area contributed by atoms with Crippen LogP contribution in [0.5, 0.6) is 0 Å². The number of rotatable bonds is 5. The zero-order valence-corrected chi connectivity index (χ0v) is 9.62. The van der Waals surface area contributed by atoms with E-state index >= 15 is 0 Å². The molecule has 1 heterocycles. The first-order chi connectivity index (χ1) is 7.15. The molecule has 0 aromatic carbocycles. The maximum Gasteiger partial charge on any atom is 0.224 e. The Morgan fingerprint density at radius 3 is 2.87 bits per heavy atom. The van der Waals surface area contributed by atoms with Gasteiger partial charge >= 0.3 is 0 Å². The normalized spacial score (nSPS) is 27.7. The quantitative estimate of drug-likeness (QED) is 0.609. The van der Waals surface area contributed by atoms with Gasteiger partial charge in [-0.2, -0.15) is 0 Å². The van der Waals surface area contributed by atoms with Crippen molar-refractivity contribution in [3.63, 3.8) is 0 Å². The van der Waals surface area contributed by atoms with Gasteiger partial charge in [-0.25, -0.2) is 0 Å². The van der Waals surface area contributed by atoms with E-state index in [1.54, 1.807) is 0 Å². The molecule has 0 saturated carbocycles. The molecular formula is C11H22N2O2. The summed E-state index contributed by atoms with van der Waals surface area (Å²) in [5.74, 6) is 0.689. The van der Waals surface area contributed by atoms with E-state index in [-0.39, 0.29) is 24.5 Å². The van der Waals surface area contributed by atoms with E-state index in [9.17, 15) is 4.79 Å². The highest BCUT2D eigenvalue weighted by Crippen LogP contribution is 2.16. The monoisotopic (exact) mass is 214 g/mol. The van der Waals surface area contributed by atoms with E-state index in [4.69, 9.17) is 5.11 Å². The van der Waals surface area contributed by atoms with Crippen molar-refractivity contribution in [2.75, 3.05) is 19.7 Å². The fourth-order valence-corrected chi connectivity index (χ4v) is 1.98. The van der Waals surface area contributed by atoms with Gasteiger partial charge in [0.1, 0.15) is 0 Å². The highest BCUT2D eigenvalue weighted by atomic mass is 16.2. The molecule has 1 amide bonds. The van der Waals surface area contributed by atoms with E-state index < -0.39 is 0 Å². The number of nitrogens with one attached hydrogen (secondary N) is 2. The zero-order valence-electron chi connectivity index (χ0n) is 9.62. The molecule has 0 aliphatic carbocycles. The van der Waals surface area contributed by atoms with E-state index in [2.05, 4.69) is 17.6 Å². The minimum absolute atomic E-state index is 0.113. The van der Waals surface area contributed by atoms with Crippen LogP contribution in [0, 0.1) is 11.8 Å². The molecule has 88 valence electrons. The second-order valence-corrected chi connectivity index (χ2v) is 4.52. The lowest BCUT2D eigenvalue weighted by Gasteiger charge is -2.18. The number of carbonyl (C=O) groups excluding carboxylic acids is 1. The van der Waals surface area contributed by atoms with Gasteiger partial charge in [0.25, 0.3) is 0 Å². The third-order valence-corrected chi connectivity index (χ3v) is 3.04. The number of hydrogen-bond donors (Lipinski definition) is 3. The molecular weight excluding hydrogens is 192 g/mol. The largest absolute Gasteiger partial charge is 0.396 e. The van der Waals surface area contributed by atoms with Gasteiger partial charge in [-0.3, -0.25) is 4.79 Å². The topological polar surface area (TPSA) is 61.4 Å². The van der Waals surface area contributed by atoms with Gasteiger partial charge in [0, 0.05) is 19.2 Å². The highest BCUT2D eigenvalue weighted by Gasteiger charge is 2.29. The SMILES string of the molecule is CC(CCCO)NC(=O)C1CNCC1C. The summed E-state index contributed by atoms with van der Waals surface area (Å²) in [7, 11) is 0. The minimum atomic E-state index is 0.113. The predicted octanol–water partition coefficient (Wildman–Crippen LogP) is 0.119. The maximum absolute atomic E-state index is 11.8. The van der Waals surface area contributed by atoms with Crippen molar-refractivity contribution in [3.05, 3.63) is 0 Å². The summed E-state index contributed by atoms with van der Waals surface area (Å²) in [6, 6.07) is 0.164. The Kier molecular flexibility index (Phi) is 5.05. The van der Waals surface area contributed by atoms with Crippen LogP contribution in [0.3, 0.4) is 0 Å². The average Bonchev–Trinajstić information content (AvgIpc) is 2.61. The third-order valence-electron chi connectivity index (χ3n) is 3.04. The molecule has 1 saturated heterocycles. The lowest BCUT2D eigenvalue weighted by molar-refractivity contribution is -0.126. The molecule has 1 aliphatic heterocycles. The van der Waals surface area contributed by atoms with Gasteiger partial charge in [0.15, 0.2) is 0 Å². The van der Waals surface area contributed by atoms with Gasteiger partial charge in [-0.1, -0.05) is 6.92 Å². The molecule has 3 atom stereocenters. The van der Waals surface area contributed by atoms with Gasteiger partial charge in [0.05, 0.1) is 5.92 Å². The smallest absolute Gasteiger partial charge is 0.224 e. The molecule has 1 aliphatic rings. The van der Waals surface area contributed by atoms with Crippen molar-refractivity contribution in [3.8, 4) is 0 Å². The highest BCUT2D eigenvalue weighted by molar-refractivity contribution is 5.79. The zero-order chi connectivity index (χ0) is 11.3. The third kappa shape index (κ3) is 3.80. The molecule has 3 unspecified atom stereocenters. The summed E-state index contributed by atoms with van der Waals surface area (Å²) >= 11 is 0. The predicted molar refractivity (Wildman–Crippen MR) is 59.4 cm³/mol. The molecule has 3 N–H and O–H groups in total. The molecule has 1 fully saturated rings. The molecule has 0 bridgehead atoms. The lowest BCUT2D eigenvalue weighted by atomic mass is 9.97. The fourth-order valence-electron chi connectivity index (χ4n) is 1.98. The second-order valence-electron chi connectivity index (χ2n) is 4.52. The number of hydrogen-bond acceptors (Lipinski definition) is 3. The Bertz CT molecular complexity index is 209. The molecule has 4 heteroatoms. The standard InChI is InChI=1S/C11H22N2O2/c1-8-6-12-7-10(8)11(15)13-9(2)4-3-5-14/h8-10,12,14H,3-7H2,1-2H3,(H,13,15). The van der Waals surface area contributed by atoms with Crippen LogP contribution in [0.2, 0.25) is 0 Å². The van der Waals surface area contributed by atoms with Gasteiger partial charge < -0.3 is 15.7 Å². The average molecular weight is 214 g/mol. The van der Waals surface area contributed by atoms with Crippen LogP contribution in [0.4, 0.5) is 0 Å².